The number of hydrogen-bond acceptors (Lipinski definition) is 7. The van der Waals surface area contributed by atoms with Crippen molar-refractivity contribution in [2.24, 2.45) is 0 Å². The van der Waals surface area contributed by atoms with Crippen LogP contribution < -0.4 is 10.1 Å². The molecule has 1 aromatic carbocycles. The van der Waals surface area contributed by atoms with E-state index < -0.39 is 0 Å². The van der Waals surface area contributed by atoms with Crippen LogP contribution in [0.1, 0.15) is 24.5 Å². The molecule has 29 heavy (non-hydrogen) atoms. The van der Waals surface area contributed by atoms with E-state index in [4.69, 9.17) is 9.72 Å². The number of amides is 1. The summed E-state index contributed by atoms with van der Waals surface area (Å²) in [5.74, 6) is 1.02. The molecule has 0 aliphatic carbocycles. The van der Waals surface area contributed by atoms with E-state index in [0.29, 0.717) is 11.7 Å². The average Bonchev–Trinajstić information content (AvgIpc) is 3.27. The fourth-order valence-corrected chi connectivity index (χ4v) is 4.13. The number of anilines is 1. The maximum atomic E-state index is 12.3. The molecule has 7 nitrogen and oxygen atoms in total. The predicted octanol–water partition coefficient (Wildman–Crippen LogP) is 3.43. The van der Waals surface area contributed by atoms with Crippen molar-refractivity contribution in [1.29, 1.82) is 0 Å². The van der Waals surface area contributed by atoms with Gasteiger partial charge in [0.1, 0.15) is 5.75 Å². The van der Waals surface area contributed by atoms with Crippen LogP contribution in [0.5, 0.6) is 5.75 Å². The van der Waals surface area contributed by atoms with Crippen molar-refractivity contribution in [3.05, 3.63) is 53.9 Å². The highest BCUT2D eigenvalue weighted by Crippen LogP contribution is 2.28. The van der Waals surface area contributed by atoms with Crippen molar-refractivity contribution >= 4 is 22.4 Å². The van der Waals surface area contributed by atoms with Gasteiger partial charge in [-0.1, -0.05) is 12.1 Å². The lowest BCUT2D eigenvalue weighted by Crippen LogP contribution is -2.40. The number of carbonyl (C=O) groups is 1. The molecule has 1 saturated heterocycles. The number of aromatic nitrogens is 3. The Hall–Kier alpha value is -2.84. The summed E-state index contributed by atoms with van der Waals surface area (Å²) in [7, 11) is 1.66. The van der Waals surface area contributed by atoms with Gasteiger partial charge in [0.15, 0.2) is 5.13 Å². The first-order valence-corrected chi connectivity index (χ1v) is 10.5. The first-order chi connectivity index (χ1) is 14.2. The van der Waals surface area contributed by atoms with Crippen LogP contribution in [0.15, 0.2) is 48.2 Å². The highest BCUT2D eigenvalue weighted by molar-refractivity contribution is 7.13. The van der Waals surface area contributed by atoms with Gasteiger partial charge in [-0.05, 0) is 31.5 Å². The second kappa shape index (κ2) is 9.11. The molecule has 150 valence electrons. The van der Waals surface area contributed by atoms with Gasteiger partial charge in [-0.15, -0.1) is 11.3 Å². The van der Waals surface area contributed by atoms with Gasteiger partial charge in [0.2, 0.25) is 5.91 Å². The minimum atomic E-state index is -0.0307. The number of nitrogens with zero attached hydrogens (tertiary/aromatic N) is 4. The summed E-state index contributed by atoms with van der Waals surface area (Å²) in [6.45, 7) is 2.06. The van der Waals surface area contributed by atoms with Crippen LogP contribution in [0, 0.1) is 0 Å². The van der Waals surface area contributed by atoms with Crippen LogP contribution in [0.25, 0.3) is 11.3 Å². The van der Waals surface area contributed by atoms with Crippen LogP contribution in [0.2, 0.25) is 0 Å². The molecule has 0 unspecified atom stereocenters. The highest BCUT2D eigenvalue weighted by Gasteiger charge is 2.24. The van der Waals surface area contributed by atoms with Crippen molar-refractivity contribution in [2.75, 3.05) is 32.1 Å². The Morgan fingerprint density at radius 2 is 2.31 bits per heavy atom. The van der Waals surface area contributed by atoms with Gasteiger partial charge in [0.05, 0.1) is 31.2 Å². The monoisotopic (exact) mass is 409 g/mol. The molecule has 0 bridgehead atoms. The van der Waals surface area contributed by atoms with Crippen LogP contribution in [-0.4, -0.2) is 52.5 Å². The molecular weight excluding hydrogens is 386 g/mol. The summed E-state index contributed by atoms with van der Waals surface area (Å²) in [6.07, 6.45) is 7.38. The van der Waals surface area contributed by atoms with Gasteiger partial charge in [-0.2, -0.15) is 0 Å². The third-order valence-corrected chi connectivity index (χ3v) is 5.68. The van der Waals surface area contributed by atoms with Crippen molar-refractivity contribution in [3.63, 3.8) is 0 Å². The Morgan fingerprint density at radius 1 is 1.38 bits per heavy atom. The van der Waals surface area contributed by atoms with Crippen LogP contribution >= 0.6 is 11.3 Å². The molecule has 8 heteroatoms. The zero-order valence-corrected chi connectivity index (χ0v) is 17.1. The van der Waals surface area contributed by atoms with Gasteiger partial charge >= 0.3 is 0 Å². The van der Waals surface area contributed by atoms with Gasteiger partial charge in [-0.3, -0.25) is 14.7 Å². The van der Waals surface area contributed by atoms with Crippen molar-refractivity contribution in [3.8, 4) is 17.0 Å². The van der Waals surface area contributed by atoms with E-state index in [-0.39, 0.29) is 11.8 Å². The maximum Gasteiger partial charge on any atom is 0.240 e. The molecule has 4 rings (SSSR count). The number of carbonyl (C=O) groups excluding carboxylic acids is 1. The van der Waals surface area contributed by atoms with Crippen molar-refractivity contribution in [2.45, 2.75) is 18.8 Å². The quantitative estimate of drug-likeness (QED) is 0.672. The first-order valence-electron chi connectivity index (χ1n) is 9.59. The smallest absolute Gasteiger partial charge is 0.240 e. The van der Waals surface area contributed by atoms with Crippen LogP contribution in [0.3, 0.4) is 0 Å². The van der Waals surface area contributed by atoms with E-state index in [1.165, 1.54) is 11.3 Å². The lowest BCUT2D eigenvalue weighted by Gasteiger charge is -2.31. The van der Waals surface area contributed by atoms with E-state index in [2.05, 4.69) is 20.2 Å². The van der Waals surface area contributed by atoms with E-state index in [0.717, 1.165) is 48.6 Å². The fraction of sp³-hybridized carbons (Fsp3) is 0.333. The summed E-state index contributed by atoms with van der Waals surface area (Å²) in [4.78, 5) is 27.9. The van der Waals surface area contributed by atoms with Crippen molar-refractivity contribution < 1.29 is 9.53 Å². The number of thiazole rings is 1. The zero-order chi connectivity index (χ0) is 20.1. The molecule has 1 fully saturated rings. The summed E-state index contributed by atoms with van der Waals surface area (Å²) in [5.41, 5.74) is 2.78. The largest absolute Gasteiger partial charge is 0.497 e. The maximum absolute atomic E-state index is 12.3. The minimum absolute atomic E-state index is 0.0307. The van der Waals surface area contributed by atoms with Crippen LogP contribution in [0.4, 0.5) is 5.13 Å². The topological polar surface area (TPSA) is 80.2 Å². The first kappa shape index (κ1) is 19.5. The van der Waals surface area contributed by atoms with Crippen LogP contribution in [-0.2, 0) is 4.79 Å². The number of nitrogens with one attached hydrogen (secondary N) is 1. The summed E-state index contributed by atoms with van der Waals surface area (Å²) < 4.78 is 5.31. The highest BCUT2D eigenvalue weighted by atomic mass is 32.1. The standard InChI is InChI=1S/C21H23N5O2S/c1-28-17-6-2-4-15(10-17)18-11-22-12-19(24-18)16-5-3-8-26(13-16)14-20(27)25-21-23-7-9-29-21/h2,4,6-7,9-12,16H,3,5,8,13-14H2,1H3,(H,23,25,27)/t16-/m0/s1. The number of likely N-dealkylation sites (tertiary alicyclic amines) is 1. The molecule has 3 heterocycles. The van der Waals surface area contributed by atoms with Gasteiger partial charge < -0.3 is 10.1 Å². The third-order valence-electron chi connectivity index (χ3n) is 4.99. The zero-order valence-electron chi connectivity index (χ0n) is 16.2. The molecule has 2 aromatic heterocycles. The van der Waals surface area contributed by atoms with Gasteiger partial charge in [-0.25, -0.2) is 9.97 Å². The van der Waals surface area contributed by atoms with Crippen molar-refractivity contribution in [1.82, 2.24) is 19.9 Å². The second-order valence-electron chi connectivity index (χ2n) is 7.02. The van der Waals surface area contributed by atoms with E-state index in [1.54, 1.807) is 19.5 Å². The summed E-state index contributed by atoms with van der Waals surface area (Å²) in [6, 6.07) is 7.83. The summed E-state index contributed by atoms with van der Waals surface area (Å²) >= 11 is 1.42. The Balaban J connectivity index is 1.43. The molecule has 1 N–H and O–H groups in total. The normalized spacial score (nSPS) is 17.1. The number of piperidine rings is 1. The number of hydrogen-bond donors (Lipinski definition) is 1. The molecule has 3 aromatic rings. The molecular formula is C21H23N5O2S. The SMILES string of the molecule is COc1cccc(-c2cncc([C@H]3CCCN(CC(=O)Nc4nccs4)C3)n2)c1. The Kier molecular flexibility index (Phi) is 6.12. The molecule has 0 spiro atoms. The molecule has 0 radical (unpaired) electrons. The number of rotatable bonds is 6. The Labute approximate surface area is 173 Å². The Morgan fingerprint density at radius 3 is 3.14 bits per heavy atom. The number of ether oxygens (including phenoxy) is 1. The fourth-order valence-electron chi connectivity index (χ4n) is 3.59. The predicted molar refractivity (Wildman–Crippen MR) is 113 cm³/mol. The molecule has 1 aliphatic rings. The molecule has 1 atom stereocenters. The average molecular weight is 410 g/mol. The van der Waals surface area contributed by atoms with E-state index in [9.17, 15) is 4.79 Å². The summed E-state index contributed by atoms with van der Waals surface area (Å²) in [5, 5.41) is 5.34. The Bertz CT molecular complexity index is 963. The lowest BCUT2D eigenvalue weighted by molar-refractivity contribution is -0.117. The van der Waals surface area contributed by atoms with E-state index in [1.807, 2.05) is 35.8 Å². The van der Waals surface area contributed by atoms with Gasteiger partial charge in [0.25, 0.3) is 0 Å². The van der Waals surface area contributed by atoms with E-state index >= 15 is 0 Å². The minimum Gasteiger partial charge on any atom is -0.497 e. The number of benzene rings is 1. The molecule has 0 saturated carbocycles. The molecule has 1 amide bonds. The third kappa shape index (κ3) is 4.96. The second-order valence-corrected chi connectivity index (χ2v) is 7.92. The number of methoxy groups -OCH3 is 1. The molecule has 1 aliphatic heterocycles. The lowest BCUT2D eigenvalue weighted by atomic mass is 9.94. The van der Waals surface area contributed by atoms with Gasteiger partial charge in [0, 0.05) is 35.8 Å².